The van der Waals surface area contributed by atoms with E-state index in [9.17, 15) is 9.59 Å². The number of aryl methyl sites for hydroxylation is 2. The Morgan fingerprint density at radius 1 is 1.18 bits per heavy atom. The summed E-state index contributed by atoms with van der Waals surface area (Å²) < 4.78 is 14.0. The van der Waals surface area contributed by atoms with Gasteiger partial charge in [-0.1, -0.05) is 0 Å². The molecule has 0 atom stereocenters. The standard InChI is InChI=1S/C27H32N6O4S/c1-18-15-23(30-33(18)20-5-7-22(36-3)8-6-20)25-19(2)29-27-32(26(25)35)21(17-38-27)16-24(34)28-9-4-10-31-11-13-37-14-12-31/h5-8,15,17H,4,9-14,16H2,1-3H3,(H,28,34). The van der Waals surface area contributed by atoms with E-state index in [4.69, 9.17) is 14.6 Å². The molecule has 10 nitrogen and oxygen atoms in total. The zero-order valence-electron chi connectivity index (χ0n) is 21.9. The van der Waals surface area contributed by atoms with Gasteiger partial charge in [-0.3, -0.25) is 18.9 Å². The first-order chi connectivity index (χ1) is 18.4. The number of benzene rings is 1. The highest BCUT2D eigenvalue weighted by Crippen LogP contribution is 2.24. The van der Waals surface area contributed by atoms with Crippen LogP contribution in [0, 0.1) is 13.8 Å². The van der Waals surface area contributed by atoms with Crippen molar-refractivity contribution < 1.29 is 14.3 Å². The number of hydrogen-bond acceptors (Lipinski definition) is 8. The summed E-state index contributed by atoms with van der Waals surface area (Å²) in [6.07, 6.45) is 0.984. The van der Waals surface area contributed by atoms with Crippen LogP contribution in [0.15, 0.2) is 40.5 Å². The third kappa shape index (κ3) is 5.50. The number of carbonyl (C=O) groups is 1. The Bertz CT molecular complexity index is 1480. The van der Waals surface area contributed by atoms with Crippen LogP contribution in [0.3, 0.4) is 0 Å². The molecular weight excluding hydrogens is 504 g/mol. The van der Waals surface area contributed by atoms with Gasteiger partial charge in [-0.15, -0.1) is 11.3 Å². The normalized spacial score (nSPS) is 14.2. The van der Waals surface area contributed by atoms with Crippen molar-refractivity contribution in [2.45, 2.75) is 26.7 Å². The molecule has 4 aromatic rings. The van der Waals surface area contributed by atoms with E-state index in [1.807, 2.05) is 49.6 Å². The summed E-state index contributed by atoms with van der Waals surface area (Å²) in [6, 6.07) is 9.46. The Morgan fingerprint density at radius 2 is 1.95 bits per heavy atom. The first-order valence-corrected chi connectivity index (χ1v) is 13.6. The minimum atomic E-state index is -0.219. The minimum Gasteiger partial charge on any atom is -0.497 e. The SMILES string of the molecule is COc1ccc(-n2nc(-c3c(C)nc4scc(CC(=O)NCCCN5CCOCC5)n4c3=O)cc2C)cc1. The number of rotatable bonds is 9. The van der Waals surface area contributed by atoms with Crippen LogP contribution in [0.5, 0.6) is 5.75 Å². The molecule has 3 aromatic heterocycles. The van der Waals surface area contributed by atoms with Gasteiger partial charge in [-0.05, 0) is 57.1 Å². The van der Waals surface area contributed by atoms with Crippen LogP contribution in [0.1, 0.15) is 23.5 Å². The molecule has 5 rings (SSSR count). The third-order valence-electron chi connectivity index (χ3n) is 6.70. The minimum absolute atomic E-state index is 0.111. The fourth-order valence-corrected chi connectivity index (χ4v) is 5.61. The highest BCUT2D eigenvalue weighted by Gasteiger charge is 2.20. The van der Waals surface area contributed by atoms with Gasteiger partial charge in [-0.2, -0.15) is 5.10 Å². The van der Waals surface area contributed by atoms with Gasteiger partial charge in [0.2, 0.25) is 5.91 Å². The number of methoxy groups -OCH3 is 1. The average Bonchev–Trinajstić information content (AvgIpc) is 3.50. The van der Waals surface area contributed by atoms with Crippen molar-refractivity contribution in [1.82, 2.24) is 29.4 Å². The van der Waals surface area contributed by atoms with E-state index >= 15 is 0 Å². The molecule has 11 heteroatoms. The maximum absolute atomic E-state index is 13.7. The van der Waals surface area contributed by atoms with Crippen molar-refractivity contribution in [3.63, 3.8) is 0 Å². The molecule has 200 valence electrons. The van der Waals surface area contributed by atoms with Crippen LogP contribution in [-0.2, 0) is 16.0 Å². The molecular formula is C27H32N6O4S. The van der Waals surface area contributed by atoms with Crippen molar-refractivity contribution in [2.24, 2.45) is 0 Å². The molecule has 0 saturated carbocycles. The van der Waals surface area contributed by atoms with Gasteiger partial charge in [0.25, 0.3) is 5.56 Å². The van der Waals surface area contributed by atoms with Crippen LogP contribution < -0.4 is 15.6 Å². The van der Waals surface area contributed by atoms with Crippen molar-refractivity contribution in [1.29, 1.82) is 0 Å². The van der Waals surface area contributed by atoms with Crippen LogP contribution >= 0.6 is 11.3 Å². The summed E-state index contributed by atoms with van der Waals surface area (Å²) in [5.41, 5.74) is 3.74. The zero-order chi connectivity index (χ0) is 26.6. The van der Waals surface area contributed by atoms with E-state index in [1.54, 1.807) is 16.2 Å². The second kappa shape index (κ2) is 11.5. The fourth-order valence-electron chi connectivity index (χ4n) is 4.69. The van der Waals surface area contributed by atoms with E-state index in [1.165, 1.54) is 11.3 Å². The summed E-state index contributed by atoms with van der Waals surface area (Å²) >= 11 is 1.36. The molecule has 1 saturated heterocycles. The third-order valence-corrected chi connectivity index (χ3v) is 7.57. The topological polar surface area (TPSA) is 103 Å². The van der Waals surface area contributed by atoms with Crippen molar-refractivity contribution in [3.8, 4) is 22.7 Å². The van der Waals surface area contributed by atoms with Crippen LogP contribution in [0.2, 0.25) is 0 Å². The maximum Gasteiger partial charge on any atom is 0.268 e. The summed E-state index contributed by atoms with van der Waals surface area (Å²) in [6.45, 7) is 8.69. The number of fused-ring (bicyclic) bond motifs is 1. The quantitative estimate of drug-likeness (QED) is 0.328. The second-order valence-corrected chi connectivity index (χ2v) is 10.2. The van der Waals surface area contributed by atoms with Crippen LogP contribution in [0.4, 0.5) is 0 Å². The first kappa shape index (κ1) is 26.1. The number of nitrogens with zero attached hydrogens (tertiary/aromatic N) is 5. The van der Waals surface area contributed by atoms with Gasteiger partial charge in [-0.25, -0.2) is 9.67 Å². The number of hydrogen-bond donors (Lipinski definition) is 1. The number of carbonyl (C=O) groups excluding carboxylic acids is 1. The molecule has 0 unspecified atom stereocenters. The molecule has 1 aromatic carbocycles. The lowest BCUT2D eigenvalue weighted by Crippen LogP contribution is -2.38. The highest BCUT2D eigenvalue weighted by molar-refractivity contribution is 7.15. The van der Waals surface area contributed by atoms with Crippen molar-refractivity contribution in [3.05, 3.63) is 63.1 Å². The van der Waals surface area contributed by atoms with E-state index in [-0.39, 0.29) is 17.9 Å². The molecule has 1 aliphatic heterocycles. The Kier molecular flexibility index (Phi) is 7.87. The number of morpholine rings is 1. The van der Waals surface area contributed by atoms with E-state index in [0.717, 1.165) is 56.4 Å². The van der Waals surface area contributed by atoms with E-state index in [2.05, 4.69) is 15.2 Å². The summed E-state index contributed by atoms with van der Waals surface area (Å²) in [5, 5.41) is 9.55. The average molecular weight is 537 g/mol. The van der Waals surface area contributed by atoms with Crippen molar-refractivity contribution in [2.75, 3.05) is 46.5 Å². The number of amides is 1. The number of nitrogens with one attached hydrogen (secondary N) is 1. The smallest absolute Gasteiger partial charge is 0.268 e. The van der Waals surface area contributed by atoms with Gasteiger partial charge >= 0.3 is 0 Å². The zero-order valence-corrected chi connectivity index (χ0v) is 22.7. The molecule has 0 aliphatic carbocycles. The van der Waals surface area contributed by atoms with Crippen molar-refractivity contribution >= 4 is 22.2 Å². The molecule has 1 N–H and O–H groups in total. The molecule has 0 bridgehead atoms. The molecule has 0 spiro atoms. The predicted molar refractivity (Wildman–Crippen MR) is 147 cm³/mol. The van der Waals surface area contributed by atoms with Crippen LogP contribution in [0.25, 0.3) is 21.9 Å². The largest absolute Gasteiger partial charge is 0.497 e. The lowest BCUT2D eigenvalue weighted by molar-refractivity contribution is -0.120. The molecule has 4 heterocycles. The highest BCUT2D eigenvalue weighted by atomic mass is 32.1. The van der Waals surface area contributed by atoms with Gasteiger partial charge in [0.15, 0.2) is 4.96 Å². The molecule has 38 heavy (non-hydrogen) atoms. The Hall–Kier alpha value is -3.54. The lowest BCUT2D eigenvalue weighted by atomic mass is 10.1. The Balaban J connectivity index is 1.34. The fraction of sp³-hybridized carbons (Fsp3) is 0.407. The number of ether oxygens (including phenoxy) is 2. The summed E-state index contributed by atoms with van der Waals surface area (Å²) in [7, 11) is 1.63. The lowest BCUT2D eigenvalue weighted by Gasteiger charge is -2.26. The van der Waals surface area contributed by atoms with Crippen LogP contribution in [-0.4, -0.2) is 76.5 Å². The predicted octanol–water partition coefficient (Wildman–Crippen LogP) is 2.62. The summed E-state index contributed by atoms with van der Waals surface area (Å²) in [4.78, 5) is 34.0. The Morgan fingerprint density at radius 3 is 2.68 bits per heavy atom. The molecule has 1 fully saturated rings. The second-order valence-electron chi connectivity index (χ2n) is 9.34. The van der Waals surface area contributed by atoms with Gasteiger partial charge in [0.1, 0.15) is 11.4 Å². The summed E-state index contributed by atoms with van der Waals surface area (Å²) in [5.74, 6) is 0.647. The van der Waals surface area contributed by atoms with Gasteiger partial charge in [0.05, 0.1) is 43.7 Å². The van der Waals surface area contributed by atoms with Gasteiger partial charge in [0, 0.05) is 36.4 Å². The van der Waals surface area contributed by atoms with E-state index < -0.39 is 0 Å². The molecule has 0 radical (unpaired) electrons. The van der Waals surface area contributed by atoms with E-state index in [0.29, 0.717) is 34.2 Å². The monoisotopic (exact) mass is 536 g/mol. The number of aromatic nitrogens is 4. The van der Waals surface area contributed by atoms with Gasteiger partial charge < -0.3 is 14.8 Å². The maximum atomic E-state index is 13.7. The number of thiazole rings is 1. The first-order valence-electron chi connectivity index (χ1n) is 12.7. The Labute approximate surface area is 224 Å². The molecule has 1 amide bonds. The molecule has 1 aliphatic rings.